The fourth-order valence-electron chi connectivity index (χ4n) is 4.83. The number of hydrogen-bond donors (Lipinski definition) is 0. The Morgan fingerprint density at radius 3 is 2.66 bits per heavy atom. The second kappa shape index (κ2) is 7.58. The zero-order valence-corrected chi connectivity index (χ0v) is 18.9. The van der Waals surface area contributed by atoms with Crippen molar-refractivity contribution in [1.82, 2.24) is 9.47 Å². The van der Waals surface area contributed by atoms with Crippen LogP contribution >= 0.6 is 0 Å². The van der Waals surface area contributed by atoms with Gasteiger partial charge >= 0.3 is 5.97 Å². The molecule has 1 atom stereocenters. The van der Waals surface area contributed by atoms with Crippen molar-refractivity contribution in [3.8, 4) is 0 Å². The van der Waals surface area contributed by atoms with Gasteiger partial charge in [0.2, 0.25) is 5.78 Å². The van der Waals surface area contributed by atoms with Gasteiger partial charge in [-0.3, -0.25) is 4.79 Å². The Labute approximate surface area is 186 Å². The van der Waals surface area contributed by atoms with Crippen molar-refractivity contribution < 1.29 is 22.7 Å². The van der Waals surface area contributed by atoms with Gasteiger partial charge in [0.25, 0.3) is 10.0 Å². The molecule has 1 unspecified atom stereocenters. The zero-order chi connectivity index (χ0) is 22.6. The number of ketones is 1. The predicted molar refractivity (Wildman–Crippen MR) is 117 cm³/mol. The van der Waals surface area contributed by atoms with Gasteiger partial charge < -0.3 is 14.2 Å². The summed E-state index contributed by atoms with van der Waals surface area (Å²) in [5.41, 5.74) is 3.04. The summed E-state index contributed by atoms with van der Waals surface area (Å²) in [6, 6.07) is 8.27. The minimum atomic E-state index is -3.77. The van der Waals surface area contributed by atoms with E-state index < -0.39 is 22.0 Å². The van der Waals surface area contributed by atoms with E-state index in [0.717, 1.165) is 24.2 Å². The number of likely N-dealkylation sites (tertiary alicyclic amines) is 1. The molecule has 1 saturated carbocycles. The summed E-state index contributed by atoms with van der Waals surface area (Å²) >= 11 is 0. The number of ether oxygens (including phenoxy) is 1. The van der Waals surface area contributed by atoms with Crippen LogP contribution in [0.2, 0.25) is 0 Å². The number of hydrogen-bond acceptors (Lipinski definition) is 6. The molecule has 2 aliphatic heterocycles. The topological polar surface area (TPSA) is 98.0 Å². The van der Waals surface area contributed by atoms with Crippen LogP contribution in [0.4, 0.5) is 0 Å². The highest BCUT2D eigenvalue weighted by atomic mass is 32.2. The molecule has 0 N–H and O–H groups in total. The Kier molecular flexibility index (Phi) is 4.96. The monoisotopic (exact) mass is 455 g/mol. The van der Waals surface area contributed by atoms with Gasteiger partial charge in [-0.1, -0.05) is 12.1 Å². The molecule has 1 aromatic carbocycles. The molecule has 0 bridgehead atoms. The Hall–Kier alpha value is -2.94. The number of rotatable bonds is 5. The molecule has 9 heteroatoms. The van der Waals surface area contributed by atoms with Crippen LogP contribution in [-0.2, 0) is 19.6 Å². The summed E-state index contributed by atoms with van der Waals surface area (Å²) in [6.07, 6.45) is 3.47. The van der Waals surface area contributed by atoms with E-state index in [1.54, 1.807) is 23.1 Å². The molecule has 0 radical (unpaired) electrons. The van der Waals surface area contributed by atoms with Crippen LogP contribution in [0.5, 0.6) is 0 Å². The van der Waals surface area contributed by atoms with Gasteiger partial charge in [-0.15, -0.1) is 4.40 Å². The molecule has 2 aromatic rings. The molecule has 0 amide bonds. The van der Waals surface area contributed by atoms with Gasteiger partial charge in [-0.25, -0.2) is 4.79 Å². The van der Waals surface area contributed by atoms with E-state index in [0.29, 0.717) is 36.6 Å². The predicted octanol–water partition coefficient (Wildman–Crippen LogP) is 2.78. The number of carbonyl (C=O) groups excluding carboxylic acids is 2. The maximum Gasteiger partial charge on any atom is 0.329 e. The van der Waals surface area contributed by atoms with Gasteiger partial charge in [0.1, 0.15) is 10.9 Å². The summed E-state index contributed by atoms with van der Waals surface area (Å²) in [5.74, 6) is -0.482. The van der Waals surface area contributed by atoms with Crippen molar-refractivity contribution in [3.63, 3.8) is 0 Å². The van der Waals surface area contributed by atoms with E-state index in [2.05, 4.69) is 8.96 Å². The summed E-state index contributed by atoms with van der Waals surface area (Å²) in [5, 5.41) is 0. The highest BCUT2D eigenvalue weighted by Crippen LogP contribution is 2.38. The van der Waals surface area contributed by atoms with Crippen molar-refractivity contribution in [1.29, 1.82) is 0 Å². The third kappa shape index (κ3) is 3.44. The quantitative estimate of drug-likeness (QED) is 0.508. The molecule has 1 saturated heterocycles. The number of Topliss-reactive ketones (excluding diaryl/α,β-unsaturated/α-hetero) is 1. The number of benzene rings is 1. The normalized spacial score (nSPS) is 21.4. The summed E-state index contributed by atoms with van der Waals surface area (Å²) in [6.45, 7) is 4.08. The van der Waals surface area contributed by atoms with Crippen molar-refractivity contribution in [3.05, 3.63) is 52.8 Å². The lowest BCUT2D eigenvalue weighted by Crippen LogP contribution is -2.41. The largest absolute Gasteiger partial charge is 0.456 e. The minimum Gasteiger partial charge on any atom is -0.456 e. The molecule has 32 heavy (non-hydrogen) atoms. The third-order valence-electron chi connectivity index (χ3n) is 6.45. The molecular formula is C23H25N3O5S. The molecule has 2 fully saturated rings. The number of sulfonamides is 1. The molecule has 0 spiro atoms. The first-order valence-corrected chi connectivity index (χ1v) is 12.3. The highest BCUT2D eigenvalue weighted by Gasteiger charge is 2.40. The lowest BCUT2D eigenvalue weighted by molar-refractivity contribution is -0.146. The molecule has 1 aromatic heterocycles. The lowest BCUT2D eigenvalue weighted by atomic mass is 10.1. The number of nitrogens with zero attached hydrogens (tertiary/aromatic N) is 3. The molecule has 8 nitrogen and oxygen atoms in total. The Balaban J connectivity index is 1.30. The van der Waals surface area contributed by atoms with Crippen LogP contribution in [0.25, 0.3) is 0 Å². The van der Waals surface area contributed by atoms with Crippen molar-refractivity contribution in [2.24, 2.45) is 4.40 Å². The maximum atomic E-state index is 12.9. The van der Waals surface area contributed by atoms with E-state index in [9.17, 15) is 18.0 Å². The Morgan fingerprint density at radius 1 is 1.16 bits per heavy atom. The second-order valence-corrected chi connectivity index (χ2v) is 10.2. The Bertz CT molecular complexity index is 1260. The number of carbonyl (C=O) groups is 2. The third-order valence-corrected chi connectivity index (χ3v) is 7.78. The van der Waals surface area contributed by atoms with Gasteiger partial charge in [0, 0.05) is 35.1 Å². The number of aromatic nitrogens is 1. The number of fused-ring (bicyclic) bond motifs is 1. The summed E-state index contributed by atoms with van der Waals surface area (Å²) < 4.78 is 36.3. The smallest absolute Gasteiger partial charge is 0.329 e. The van der Waals surface area contributed by atoms with E-state index in [-0.39, 0.29) is 23.1 Å². The zero-order valence-electron chi connectivity index (χ0n) is 18.1. The number of esters is 1. The maximum absolute atomic E-state index is 12.9. The van der Waals surface area contributed by atoms with Crippen LogP contribution in [0.1, 0.15) is 59.0 Å². The van der Waals surface area contributed by atoms with Crippen molar-refractivity contribution >= 4 is 27.6 Å². The summed E-state index contributed by atoms with van der Waals surface area (Å²) in [4.78, 5) is 27.5. The standard InChI is InChI=1S/C23H25N3O5S/c1-14-12-18(15(2)26(14)16-9-10-16)20(27)13-31-23(28)19-7-5-11-25(19)22-17-6-3-4-8-21(17)32(29,30)24-22/h3-4,6,8,12,16,19H,5,7,9-11,13H2,1-2H3. The highest BCUT2D eigenvalue weighted by molar-refractivity contribution is 7.90. The lowest BCUT2D eigenvalue weighted by Gasteiger charge is -2.24. The molecular weight excluding hydrogens is 430 g/mol. The van der Waals surface area contributed by atoms with Gasteiger partial charge in [0.15, 0.2) is 12.4 Å². The van der Waals surface area contributed by atoms with E-state index in [1.807, 2.05) is 19.9 Å². The van der Waals surface area contributed by atoms with E-state index in [4.69, 9.17) is 4.74 Å². The van der Waals surface area contributed by atoms with E-state index in [1.165, 1.54) is 6.07 Å². The van der Waals surface area contributed by atoms with Crippen LogP contribution < -0.4 is 0 Å². The van der Waals surface area contributed by atoms with Gasteiger partial charge in [0.05, 0.1) is 0 Å². The van der Waals surface area contributed by atoms with Crippen LogP contribution in [0.15, 0.2) is 39.6 Å². The van der Waals surface area contributed by atoms with Crippen LogP contribution in [0, 0.1) is 13.8 Å². The SMILES string of the molecule is Cc1cc(C(=O)COC(=O)C2CCCN2C2=NS(=O)(=O)c3ccccc32)c(C)n1C1CC1. The van der Waals surface area contributed by atoms with Crippen molar-refractivity contribution in [2.45, 2.75) is 56.5 Å². The van der Waals surface area contributed by atoms with Crippen LogP contribution in [-0.4, -0.2) is 54.7 Å². The van der Waals surface area contributed by atoms with Gasteiger partial charge in [-0.05, 0) is 57.7 Å². The molecule has 3 heterocycles. The number of amidine groups is 1. The molecule has 1 aliphatic carbocycles. The molecule has 5 rings (SSSR count). The average molecular weight is 456 g/mol. The fourth-order valence-corrected chi connectivity index (χ4v) is 6.04. The fraction of sp³-hybridized carbons (Fsp3) is 0.435. The summed E-state index contributed by atoms with van der Waals surface area (Å²) in [7, 11) is -3.77. The minimum absolute atomic E-state index is 0.148. The van der Waals surface area contributed by atoms with E-state index >= 15 is 0 Å². The van der Waals surface area contributed by atoms with Crippen LogP contribution in [0.3, 0.4) is 0 Å². The average Bonchev–Trinajstić information content (AvgIpc) is 3.28. The Morgan fingerprint density at radius 2 is 1.91 bits per heavy atom. The first-order valence-electron chi connectivity index (χ1n) is 10.9. The molecule has 168 valence electrons. The first kappa shape index (κ1) is 20.9. The first-order chi connectivity index (χ1) is 15.3. The number of aryl methyl sites for hydroxylation is 1. The molecule has 3 aliphatic rings. The second-order valence-electron chi connectivity index (χ2n) is 8.65. The van der Waals surface area contributed by atoms with Crippen molar-refractivity contribution in [2.75, 3.05) is 13.2 Å². The van der Waals surface area contributed by atoms with Gasteiger partial charge in [-0.2, -0.15) is 8.42 Å².